The molecule has 1 aromatic heterocycles. The van der Waals surface area contributed by atoms with E-state index in [1.807, 2.05) is 12.1 Å². The van der Waals surface area contributed by atoms with E-state index in [2.05, 4.69) is 29.4 Å². The molecule has 2 aromatic carbocycles. The average molecular weight is 286 g/mol. The Labute approximate surface area is 121 Å². The van der Waals surface area contributed by atoms with Gasteiger partial charge in [-0.2, -0.15) is 0 Å². The van der Waals surface area contributed by atoms with Crippen molar-refractivity contribution in [3.63, 3.8) is 0 Å². The number of aryl methyl sites for hydroxylation is 1. The fourth-order valence-corrected chi connectivity index (χ4v) is 3.12. The van der Waals surface area contributed by atoms with Gasteiger partial charge in [0.2, 0.25) is 0 Å². The number of para-hydroxylation sites is 1. The molecule has 0 atom stereocenters. The number of nitrogens with zero attached hydrogens (tertiary/aromatic N) is 1. The zero-order valence-electron chi connectivity index (χ0n) is 11.2. The van der Waals surface area contributed by atoms with Crippen molar-refractivity contribution in [2.75, 3.05) is 11.9 Å². The topological polar surface area (TPSA) is 24.9 Å². The van der Waals surface area contributed by atoms with E-state index >= 15 is 0 Å². The summed E-state index contributed by atoms with van der Waals surface area (Å²) in [6.07, 6.45) is 0.843. The van der Waals surface area contributed by atoms with E-state index in [0.717, 1.165) is 33.9 Å². The number of fused-ring (bicyclic) bond motifs is 1. The van der Waals surface area contributed by atoms with Gasteiger partial charge in [0.1, 0.15) is 5.82 Å². The van der Waals surface area contributed by atoms with E-state index in [4.69, 9.17) is 0 Å². The summed E-state index contributed by atoms with van der Waals surface area (Å²) in [7, 11) is 0. The molecular formula is C16H15FN2S. The van der Waals surface area contributed by atoms with Gasteiger partial charge in [0.25, 0.3) is 0 Å². The molecule has 0 fully saturated rings. The van der Waals surface area contributed by atoms with Crippen LogP contribution in [-0.4, -0.2) is 11.5 Å². The second-order valence-electron chi connectivity index (χ2n) is 4.71. The highest BCUT2D eigenvalue weighted by molar-refractivity contribution is 7.18. The molecule has 0 saturated heterocycles. The monoisotopic (exact) mass is 286 g/mol. The van der Waals surface area contributed by atoms with Crippen molar-refractivity contribution >= 4 is 27.2 Å². The minimum absolute atomic E-state index is 0.203. The van der Waals surface area contributed by atoms with E-state index in [0.29, 0.717) is 0 Å². The van der Waals surface area contributed by atoms with Crippen molar-refractivity contribution in [1.82, 2.24) is 4.98 Å². The first-order valence-corrected chi connectivity index (χ1v) is 7.38. The first-order chi connectivity index (χ1) is 9.72. The highest BCUT2D eigenvalue weighted by Gasteiger charge is 2.05. The fraction of sp³-hybridized carbons (Fsp3) is 0.188. The van der Waals surface area contributed by atoms with Crippen molar-refractivity contribution in [2.45, 2.75) is 13.3 Å². The molecule has 0 unspecified atom stereocenters. The molecule has 0 aliphatic carbocycles. The van der Waals surface area contributed by atoms with Gasteiger partial charge in [0, 0.05) is 18.7 Å². The van der Waals surface area contributed by atoms with Gasteiger partial charge >= 0.3 is 0 Å². The molecule has 0 amide bonds. The van der Waals surface area contributed by atoms with Crippen molar-refractivity contribution in [1.29, 1.82) is 0 Å². The predicted octanol–water partition coefficient (Wildman–Crippen LogP) is 4.40. The molecule has 0 aliphatic rings. The number of halogens is 1. The average Bonchev–Trinajstić information content (AvgIpc) is 2.83. The third-order valence-electron chi connectivity index (χ3n) is 3.19. The summed E-state index contributed by atoms with van der Waals surface area (Å²) in [4.78, 5) is 4.52. The maximum absolute atomic E-state index is 13.1. The van der Waals surface area contributed by atoms with Gasteiger partial charge in [-0.1, -0.05) is 18.2 Å². The molecule has 3 rings (SSSR count). The Kier molecular flexibility index (Phi) is 3.65. The lowest BCUT2D eigenvalue weighted by Crippen LogP contribution is -2.05. The first kappa shape index (κ1) is 13.1. The van der Waals surface area contributed by atoms with Gasteiger partial charge < -0.3 is 5.32 Å². The summed E-state index contributed by atoms with van der Waals surface area (Å²) in [5, 5.41) is 4.44. The Morgan fingerprint density at radius 1 is 1.20 bits per heavy atom. The van der Waals surface area contributed by atoms with Crippen LogP contribution in [0.1, 0.15) is 10.6 Å². The molecule has 102 valence electrons. The van der Waals surface area contributed by atoms with Crippen LogP contribution in [0.5, 0.6) is 0 Å². The summed E-state index contributed by atoms with van der Waals surface area (Å²) in [6.45, 7) is 2.91. The van der Waals surface area contributed by atoms with Gasteiger partial charge in [-0.05, 0) is 36.8 Å². The Hall–Kier alpha value is -1.94. The Bertz CT molecular complexity index is 736. The minimum atomic E-state index is -0.203. The van der Waals surface area contributed by atoms with Crippen molar-refractivity contribution in [3.8, 4) is 0 Å². The maximum Gasteiger partial charge on any atom is 0.124 e. The van der Waals surface area contributed by atoms with Crippen LogP contribution in [0.4, 0.5) is 10.1 Å². The Balaban J connectivity index is 1.67. The van der Waals surface area contributed by atoms with E-state index in [9.17, 15) is 4.39 Å². The smallest absolute Gasteiger partial charge is 0.124 e. The number of hydrogen-bond donors (Lipinski definition) is 1. The van der Waals surface area contributed by atoms with Crippen LogP contribution in [0.15, 0.2) is 42.5 Å². The molecule has 3 aromatic rings. The predicted molar refractivity (Wildman–Crippen MR) is 83.0 cm³/mol. The normalized spacial score (nSPS) is 10.9. The van der Waals surface area contributed by atoms with E-state index in [-0.39, 0.29) is 5.82 Å². The van der Waals surface area contributed by atoms with Crippen LogP contribution < -0.4 is 5.32 Å². The molecule has 0 bridgehead atoms. The lowest BCUT2D eigenvalue weighted by atomic mass is 10.2. The van der Waals surface area contributed by atoms with Crippen molar-refractivity contribution in [2.24, 2.45) is 0 Å². The highest BCUT2D eigenvalue weighted by atomic mass is 32.1. The standard InChI is InChI=1S/C16H15FN2S/c1-11-4-2-3-5-13(11)18-9-8-16-19-14-7-6-12(17)10-15(14)20-16/h2-7,10,18H,8-9H2,1H3. The molecule has 20 heavy (non-hydrogen) atoms. The van der Waals surface area contributed by atoms with Gasteiger partial charge in [-0.3, -0.25) is 0 Å². The van der Waals surface area contributed by atoms with Gasteiger partial charge in [0.05, 0.1) is 15.2 Å². The Morgan fingerprint density at radius 2 is 2.05 bits per heavy atom. The summed E-state index contributed by atoms with van der Waals surface area (Å²) < 4.78 is 14.0. The number of hydrogen-bond acceptors (Lipinski definition) is 3. The zero-order chi connectivity index (χ0) is 13.9. The second kappa shape index (κ2) is 5.59. The van der Waals surface area contributed by atoms with Crippen LogP contribution in [0.2, 0.25) is 0 Å². The number of anilines is 1. The highest BCUT2D eigenvalue weighted by Crippen LogP contribution is 2.23. The van der Waals surface area contributed by atoms with Gasteiger partial charge in [-0.25, -0.2) is 9.37 Å². The maximum atomic E-state index is 13.1. The number of aromatic nitrogens is 1. The largest absolute Gasteiger partial charge is 0.384 e. The third kappa shape index (κ3) is 2.80. The quantitative estimate of drug-likeness (QED) is 0.769. The molecule has 0 radical (unpaired) electrons. The van der Waals surface area contributed by atoms with Crippen LogP contribution in [0.3, 0.4) is 0 Å². The lowest BCUT2D eigenvalue weighted by Gasteiger charge is -2.07. The summed E-state index contributed by atoms with van der Waals surface area (Å²) >= 11 is 1.56. The van der Waals surface area contributed by atoms with Crippen LogP contribution in [-0.2, 0) is 6.42 Å². The van der Waals surface area contributed by atoms with Crippen LogP contribution >= 0.6 is 11.3 Å². The first-order valence-electron chi connectivity index (χ1n) is 6.57. The SMILES string of the molecule is Cc1ccccc1NCCc1nc2ccc(F)cc2s1. The van der Waals surface area contributed by atoms with E-state index < -0.39 is 0 Å². The molecule has 4 heteroatoms. The molecule has 1 heterocycles. The number of rotatable bonds is 4. The third-order valence-corrected chi connectivity index (χ3v) is 4.27. The molecule has 2 nitrogen and oxygen atoms in total. The number of thiazole rings is 1. The molecular weight excluding hydrogens is 271 g/mol. The molecule has 1 N–H and O–H groups in total. The van der Waals surface area contributed by atoms with Crippen molar-refractivity contribution in [3.05, 3.63) is 58.9 Å². The number of nitrogens with one attached hydrogen (secondary N) is 1. The molecule has 0 saturated carbocycles. The summed E-state index contributed by atoms with van der Waals surface area (Å²) in [6, 6.07) is 13.0. The Morgan fingerprint density at radius 3 is 2.90 bits per heavy atom. The minimum Gasteiger partial charge on any atom is -0.384 e. The van der Waals surface area contributed by atoms with Crippen molar-refractivity contribution < 1.29 is 4.39 Å². The molecule has 0 spiro atoms. The van der Waals surface area contributed by atoms with Gasteiger partial charge in [0.15, 0.2) is 0 Å². The number of benzene rings is 2. The second-order valence-corrected chi connectivity index (χ2v) is 5.83. The van der Waals surface area contributed by atoms with E-state index in [1.165, 1.54) is 11.6 Å². The summed E-state index contributed by atoms with van der Waals surface area (Å²) in [5.41, 5.74) is 3.26. The lowest BCUT2D eigenvalue weighted by molar-refractivity contribution is 0.630. The summed E-state index contributed by atoms with van der Waals surface area (Å²) in [5.74, 6) is -0.203. The van der Waals surface area contributed by atoms with Gasteiger partial charge in [-0.15, -0.1) is 11.3 Å². The van der Waals surface area contributed by atoms with Crippen LogP contribution in [0.25, 0.3) is 10.2 Å². The fourth-order valence-electron chi connectivity index (χ4n) is 2.13. The molecule has 0 aliphatic heterocycles. The van der Waals surface area contributed by atoms with Crippen LogP contribution in [0, 0.1) is 12.7 Å². The van der Waals surface area contributed by atoms with E-state index in [1.54, 1.807) is 23.5 Å². The zero-order valence-corrected chi connectivity index (χ0v) is 12.0.